The molecular weight excluding hydrogens is 384 g/mol. The number of carbonyl (C=O) groups is 1. The van der Waals surface area contributed by atoms with E-state index < -0.39 is 0 Å². The van der Waals surface area contributed by atoms with Crippen molar-refractivity contribution in [2.45, 2.75) is 0 Å². The van der Waals surface area contributed by atoms with Crippen molar-refractivity contribution in [3.63, 3.8) is 0 Å². The van der Waals surface area contributed by atoms with Crippen LogP contribution in [0.2, 0.25) is 0 Å². The van der Waals surface area contributed by atoms with E-state index in [1.165, 1.54) is 0 Å². The predicted octanol–water partition coefficient (Wildman–Crippen LogP) is 2.48. The zero-order chi connectivity index (χ0) is 20.7. The average Bonchev–Trinajstić information content (AvgIpc) is 3.24. The molecule has 0 saturated carbocycles. The van der Waals surface area contributed by atoms with Crippen LogP contribution in [-0.4, -0.2) is 74.0 Å². The first-order valence-corrected chi connectivity index (χ1v) is 10.1. The number of amides is 1. The second-order valence-electron chi connectivity index (χ2n) is 7.62. The monoisotopic (exact) mass is 408 g/mol. The molecule has 2 aliphatic rings. The number of hydrogen-bond acceptors (Lipinski definition) is 6. The Morgan fingerprint density at radius 3 is 2.50 bits per heavy atom. The highest BCUT2D eigenvalue weighted by molar-refractivity contribution is 6.18. The summed E-state index contributed by atoms with van der Waals surface area (Å²) >= 11 is 0. The minimum atomic E-state index is 0.0217. The molecule has 7 heteroatoms. The molecule has 1 N–H and O–H groups in total. The maximum atomic E-state index is 13.5. The largest absolute Gasteiger partial charge is 0.497 e. The number of nitrogens with zero attached hydrogens (tertiary/aromatic N) is 2. The quantitative estimate of drug-likeness (QED) is 0.669. The summed E-state index contributed by atoms with van der Waals surface area (Å²) in [6, 6.07) is 11.7. The molecule has 0 radical (unpaired) electrons. The topological polar surface area (TPSA) is 71.5 Å². The van der Waals surface area contributed by atoms with Crippen LogP contribution in [-0.2, 0) is 0 Å². The van der Waals surface area contributed by atoms with E-state index in [1.807, 2.05) is 41.3 Å². The Bertz CT molecular complexity index is 1120. The summed E-state index contributed by atoms with van der Waals surface area (Å²) in [5, 5.41) is 12.9. The lowest BCUT2D eigenvalue weighted by Crippen LogP contribution is -2.49. The van der Waals surface area contributed by atoms with Crippen LogP contribution in [0.5, 0.6) is 17.2 Å². The van der Waals surface area contributed by atoms with Crippen molar-refractivity contribution in [1.29, 1.82) is 0 Å². The lowest BCUT2D eigenvalue weighted by atomic mass is 9.95. The zero-order valence-electron chi connectivity index (χ0n) is 16.9. The molecule has 30 heavy (non-hydrogen) atoms. The maximum absolute atomic E-state index is 13.5. The van der Waals surface area contributed by atoms with E-state index in [-0.39, 0.29) is 19.3 Å². The molecule has 1 amide bonds. The lowest BCUT2D eigenvalue weighted by Gasteiger charge is -2.34. The van der Waals surface area contributed by atoms with Gasteiger partial charge in [-0.25, -0.2) is 0 Å². The van der Waals surface area contributed by atoms with Gasteiger partial charge in [-0.05, 0) is 57.9 Å². The van der Waals surface area contributed by atoms with Gasteiger partial charge in [0.05, 0.1) is 13.7 Å². The van der Waals surface area contributed by atoms with Crippen LogP contribution in [0.15, 0.2) is 36.4 Å². The van der Waals surface area contributed by atoms with E-state index in [0.29, 0.717) is 36.7 Å². The van der Waals surface area contributed by atoms with Gasteiger partial charge in [0.2, 0.25) is 6.79 Å². The fourth-order valence-electron chi connectivity index (χ4n) is 4.31. The maximum Gasteiger partial charge on any atom is 0.254 e. The molecule has 1 saturated heterocycles. The third-order valence-corrected chi connectivity index (χ3v) is 5.96. The number of ether oxygens (including phenoxy) is 3. The Hall–Kier alpha value is -3.03. The minimum absolute atomic E-state index is 0.0217. The standard InChI is InChI=1S/C23H24N2O5/c1-28-16-2-3-17-19(12-16)18-13-22-21(29-14-30-22)11-15(18)10-20(17)23(27)25-6-4-24(5-7-25)8-9-26/h2-3,10-13,26H,4-9,14H2,1H3. The third kappa shape index (κ3) is 3.20. The van der Waals surface area contributed by atoms with Crippen LogP contribution in [0, 0.1) is 0 Å². The number of methoxy groups -OCH3 is 1. The van der Waals surface area contributed by atoms with Crippen LogP contribution in [0.3, 0.4) is 0 Å². The van der Waals surface area contributed by atoms with Crippen molar-refractivity contribution in [2.24, 2.45) is 0 Å². The fraction of sp³-hybridized carbons (Fsp3) is 0.348. The van der Waals surface area contributed by atoms with E-state index in [1.54, 1.807) is 7.11 Å². The summed E-state index contributed by atoms with van der Waals surface area (Å²) in [5.74, 6) is 2.17. The molecule has 2 aliphatic heterocycles. The van der Waals surface area contributed by atoms with Crippen LogP contribution in [0.4, 0.5) is 0 Å². The molecule has 156 valence electrons. The average molecular weight is 408 g/mol. The van der Waals surface area contributed by atoms with Crippen molar-refractivity contribution in [1.82, 2.24) is 9.80 Å². The van der Waals surface area contributed by atoms with E-state index in [0.717, 1.165) is 40.4 Å². The zero-order valence-corrected chi connectivity index (χ0v) is 16.9. The van der Waals surface area contributed by atoms with Crippen molar-refractivity contribution < 1.29 is 24.1 Å². The van der Waals surface area contributed by atoms with Gasteiger partial charge < -0.3 is 24.2 Å². The summed E-state index contributed by atoms with van der Waals surface area (Å²) in [4.78, 5) is 17.5. The number of piperazine rings is 1. The normalized spacial score (nSPS) is 16.4. The van der Waals surface area contributed by atoms with Crippen LogP contribution < -0.4 is 14.2 Å². The molecule has 2 heterocycles. The van der Waals surface area contributed by atoms with Gasteiger partial charge in [0.15, 0.2) is 11.5 Å². The second-order valence-corrected chi connectivity index (χ2v) is 7.62. The number of aliphatic hydroxyl groups is 1. The van der Waals surface area contributed by atoms with Crippen LogP contribution >= 0.6 is 0 Å². The van der Waals surface area contributed by atoms with Gasteiger partial charge in [-0.2, -0.15) is 0 Å². The summed E-state index contributed by atoms with van der Waals surface area (Å²) in [7, 11) is 1.64. The van der Waals surface area contributed by atoms with Crippen molar-refractivity contribution in [2.75, 3.05) is 53.2 Å². The van der Waals surface area contributed by atoms with Crippen molar-refractivity contribution >= 4 is 27.5 Å². The highest BCUT2D eigenvalue weighted by atomic mass is 16.7. The van der Waals surface area contributed by atoms with Gasteiger partial charge in [0, 0.05) is 38.3 Å². The van der Waals surface area contributed by atoms with Gasteiger partial charge in [-0.1, -0.05) is 0 Å². The third-order valence-electron chi connectivity index (χ3n) is 5.96. The molecule has 7 nitrogen and oxygen atoms in total. The SMILES string of the molecule is COc1ccc2c(C(=O)N3CCN(CCO)CC3)cc3cc4c(cc3c2c1)OCO4. The van der Waals surface area contributed by atoms with Gasteiger partial charge in [-0.15, -0.1) is 0 Å². The Kier molecular flexibility index (Phi) is 4.84. The smallest absolute Gasteiger partial charge is 0.254 e. The molecule has 0 bridgehead atoms. The number of benzene rings is 3. The molecule has 3 aromatic rings. The summed E-state index contributed by atoms with van der Waals surface area (Å²) < 4.78 is 16.5. The Labute approximate surface area is 174 Å². The number of carbonyl (C=O) groups excluding carboxylic acids is 1. The highest BCUT2D eigenvalue weighted by Crippen LogP contribution is 2.40. The van der Waals surface area contributed by atoms with Gasteiger partial charge in [-0.3, -0.25) is 9.69 Å². The number of aliphatic hydroxyl groups excluding tert-OH is 1. The first kappa shape index (κ1) is 19.0. The molecule has 0 spiro atoms. The van der Waals surface area contributed by atoms with Gasteiger partial charge in [0.25, 0.3) is 5.91 Å². The van der Waals surface area contributed by atoms with Crippen LogP contribution in [0.1, 0.15) is 10.4 Å². The van der Waals surface area contributed by atoms with Crippen molar-refractivity contribution in [3.8, 4) is 17.2 Å². The summed E-state index contributed by atoms with van der Waals surface area (Å²) in [6.45, 7) is 3.83. The summed E-state index contributed by atoms with van der Waals surface area (Å²) in [5.41, 5.74) is 0.676. The Morgan fingerprint density at radius 2 is 1.77 bits per heavy atom. The van der Waals surface area contributed by atoms with Crippen LogP contribution in [0.25, 0.3) is 21.5 Å². The molecule has 5 rings (SSSR count). The van der Waals surface area contributed by atoms with E-state index in [4.69, 9.17) is 19.3 Å². The van der Waals surface area contributed by atoms with E-state index in [9.17, 15) is 4.79 Å². The van der Waals surface area contributed by atoms with E-state index >= 15 is 0 Å². The Morgan fingerprint density at radius 1 is 1.00 bits per heavy atom. The first-order chi connectivity index (χ1) is 14.7. The predicted molar refractivity (Wildman–Crippen MR) is 114 cm³/mol. The Balaban J connectivity index is 1.60. The lowest BCUT2D eigenvalue weighted by molar-refractivity contribution is 0.0617. The molecule has 1 fully saturated rings. The number of rotatable bonds is 4. The molecule has 0 aliphatic carbocycles. The van der Waals surface area contributed by atoms with Gasteiger partial charge >= 0.3 is 0 Å². The van der Waals surface area contributed by atoms with E-state index in [2.05, 4.69) is 4.90 Å². The molecule has 3 aromatic carbocycles. The molecule has 0 aromatic heterocycles. The summed E-state index contributed by atoms with van der Waals surface area (Å²) in [6.07, 6.45) is 0. The number of β-amino-alcohol motifs (C(OH)–C–C–N with tert-alkyl or cyclic N) is 1. The van der Waals surface area contributed by atoms with Crippen molar-refractivity contribution in [3.05, 3.63) is 42.0 Å². The van der Waals surface area contributed by atoms with Gasteiger partial charge in [0.1, 0.15) is 5.75 Å². The fourth-order valence-corrected chi connectivity index (χ4v) is 4.31. The molecule has 0 unspecified atom stereocenters. The first-order valence-electron chi connectivity index (χ1n) is 10.1. The highest BCUT2D eigenvalue weighted by Gasteiger charge is 2.25. The molecule has 0 atom stereocenters. The minimum Gasteiger partial charge on any atom is -0.497 e. The second kappa shape index (κ2) is 7.66. The molecular formula is C23H24N2O5. The number of hydrogen-bond donors (Lipinski definition) is 1. The number of fused-ring (bicyclic) bond motifs is 4.